The van der Waals surface area contributed by atoms with Crippen molar-refractivity contribution in [3.63, 3.8) is 0 Å². The van der Waals surface area contributed by atoms with Crippen LogP contribution < -0.4 is 9.47 Å². The molecule has 1 unspecified atom stereocenters. The lowest BCUT2D eigenvalue weighted by molar-refractivity contribution is 0.0204. The van der Waals surface area contributed by atoms with E-state index in [1.54, 1.807) is 14.0 Å². The van der Waals surface area contributed by atoms with Crippen molar-refractivity contribution in [3.8, 4) is 11.5 Å². The standard InChI is InChI=1S/C24H31NO5/c1-16-24(3,17(2)26)20(15-25(16)23(27)28)19-10-11-21(29-4)22(14-19)30-13-12-18-8-6-5-7-9-18/h5-11,14,16-17,20,26H,12-13,15H2,1-4H3,(H,27,28)/t16?,17-,20+,24+/m1/s1. The summed E-state index contributed by atoms with van der Waals surface area (Å²) >= 11 is 0. The van der Waals surface area contributed by atoms with Crippen molar-refractivity contribution < 1.29 is 24.5 Å². The molecular formula is C24H31NO5. The van der Waals surface area contributed by atoms with E-state index in [2.05, 4.69) is 12.1 Å². The maximum atomic E-state index is 11.7. The number of carboxylic acid groups (broad SMARTS) is 1. The van der Waals surface area contributed by atoms with Gasteiger partial charge in [0.1, 0.15) is 0 Å². The number of aliphatic hydroxyl groups is 1. The fourth-order valence-corrected chi connectivity index (χ4v) is 4.47. The van der Waals surface area contributed by atoms with Crippen LogP contribution in [0.1, 0.15) is 37.8 Å². The number of rotatable bonds is 7. The molecule has 1 aliphatic heterocycles. The Kier molecular flexibility index (Phi) is 6.56. The molecule has 30 heavy (non-hydrogen) atoms. The summed E-state index contributed by atoms with van der Waals surface area (Å²) < 4.78 is 11.5. The van der Waals surface area contributed by atoms with Gasteiger partial charge in [-0.3, -0.25) is 0 Å². The van der Waals surface area contributed by atoms with Crippen LogP contribution in [-0.2, 0) is 6.42 Å². The Labute approximate surface area is 178 Å². The number of ether oxygens (including phenoxy) is 2. The summed E-state index contributed by atoms with van der Waals surface area (Å²) in [7, 11) is 1.60. The Morgan fingerprint density at radius 2 is 1.93 bits per heavy atom. The van der Waals surface area contributed by atoms with Gasteiger partial charge in [-0.15, -0.1) is 0 Å². The molecular weight excluding hydrogens is 382 g/mol. The van der Waals surface area contributed by atoms with Crippen LogP contribution in [0, 0.1) is 5.41 Å². The third kappa shape index (κ3) is 4.10. The van der Waals surface area contributed by atoms with E-state index in [1.807, 2.05) is 50.2 Å². The van der Waals surface area contributed by atoms with Crippen molar-refractivity contribution in [2.75, 3.05) is 20.3 Å². The lowest BCUT2D eigenvalue weighted by atomic mass is 9.69. The fraction of sp³-hybridized carbons (Fsp3) is 0.458. The van der Waals surface area contributed by atoms with E-state index in [9.17, 15) is 15.0 Å². The average Bonchev–Trinajstić information content (AvgIpc) is 3.01. The fourth-order valence-electron chi connectivity index (χ4n) is 4.47. The highest BCUT2D eigenvalue weighted by Gasteiger charge is 2.53. The smallest absolute Gasteiger partial charge is 0.407 e. The molecule has 6 nitrogen and oxygen atoms in total. The highest BCUT2D eigenvalue weighted by molar-refractivity contribution is 5.66. The molecule has 6 heteroatoms. The molecule has 1 heterocycles. The summed E-state index contributed by atoms with van der Waals surface area (Å²) in [6.45, 7) is 6.38. The first-order valence-electron chi connectivity index (χ1n) is 10.3. The zero-order chi connectivity index (χ0) is 21.9. The monoisotopic (exact) mass is 413 g/mol. The molecule has 0 aromatic heterocycles. The molecule has 2 aromatic carbocycles. The second kappa shape index (κ2) is 8.96. The van der Waals surface area contributed by atoms with Gasteiger partial charge in [-0.2, -0.15) is 0 Å². The first-order valence-corrected chi connectivity index (χ1v) is 10.3. The Morgan fingerprint density at radius 1 is 1.23 bits per heavy atom. The first kappa shape index (κ1) is 22.0. The molecule has 0 bridgehead atoms. The number of aliphatic hydroxyl groups excluding tert-OH is 1. The molecule has 2 aromatic rings. The zero-order valence-corrected chi connectivity index (χ0v) is 18.0. The Morgan fingerprint density at radius 3 is 2.53 bits per heavy atom. The number of methoxy groups -OCH3 is 1. The number of nitrogens with zero attached hydrogens (tertiary/aromatic N) is 1. The zero-order valence-electron chi connectivity index (χ0n) is 18.0. The summed E-state index contributed by atoms with van der Waals surface area (Å²) in [6, 6.07) is 15.5. The van der Waals surface area contributed by atoms with E-state index in [1.165, 1.54) is 10.5 Å². The molecule has 0 saturated carbocycles. The predicted octanol–water partition coefficient (Wildman–Crippen LogP) is 4.17. The largest absolute Gasteiger partial charge is 0.493 e. The highest BCUT2D eigenvalue weighted by Crippen LogP contribution is 2.50. The second-order valence-corrected chi connectivity index (χ2v) is 8.20. The minimum Gasteiger partial charge on any atom is -0.493 e. The van der Waals surface area contributed by atoms with E-state index in [4.69, 9.17) is 9.47 Å². The van der Waals surface area contributed by atoms with Crippen molar-refractivity contribution in [2.24, 2.45) is 5.41 Å². The van der Waals surface area contributed by atoms with Crippen molar-refractivity contribution in [2.45, 2.75) is 45.3 Å². The van der Waals surface area contributed by atoms with Crippen LogP contribution in [0.3, 0.4) is 0 Å². The van der Waals surface area contributed by atoms with Crippen molar-refractivity contribution >= 4 is 6.09 Å². The normalized spacial score (nSPS) is 24.5. The lowest BCUT2D eigenvalue weighted by Crippen LogP contribution is -2.45. The van der Waals surface area contributed by atoms with E-state index < -0.39 is 17.6 Å². The van der Waals surface area contributed by atoms with Crippen molar-refractivity contribution in [1.82, 2.24) is 4.90 Å². The molecule has 1 fully saturated rings. The summed E-state index contributed by atoms with van der Waals surface area (Å²) in [6.07, 6.45) is -0.872. The third-order valence-corrected chi connectivity index (χ3v) is 6.72. The summed E-state index contributed by atoms with van der Waals surface area (Å²) in [4.78, 5) is 13.2. The van der Waals surface area contributed by atoms with Gasteiger partial charge in [0.2, 0.25) is 0 Å². The SMILES string of the molecule is COc1ccc([C@@H]2CN(C(=O)O)C(C)[C@@]2(C)[C@@H](C)O)cc1OCCc1ccccc1. The second-order valence-electron chi connectivity index (χ2n) is 8.20. The quantitative estimate of drug-likeness (QED) is 0.712. The predicted molar refractivity (Wildman–Crippen MR) is 115 cm³/mol. The molecule has 0 radical (unpaired) electrons. The summed E-state index contributed by atoms with van der Waals surface area (Å²) in [5.41, 5.74) is 1.51. The van der Waals surface area contributed by atoms with Crippen LogP contribution in [0.4, 0.5) is 4.79 Å². The van der Waals surface area contributed by atoms with E-state index >= 15 is 0 Å². The Hall–Kier alpha value is -2.73. The molecule has 1 saturated heterocycles. The molecule has 162 valence electrons. The van der Waals surface area contributed by atoms with Crippen LogP contribution in [0.15, 0.2) is 48.5 Å². The van der Waals surface area contributed by atoms with Crippen LogP contribution >= 0.6 is 0 Å². The topological polar surface area (TPSA) is 79.2 Å². The van der Waals surface area contributed by atoms with Gasteiger partial charge in [0.25, 0.3) is 0 Å². The van der Waals surface area contributed by atoms with Crippen molar-refractivity contribution in [1.29, 1.82) is 0 Å². The van der Waals surface area contributed by atoms with Crippen LogP contribution in [-0.4, -0.2) is 53.6 Å². The van der Waals surface area contributed by atoms with Gasteiger partial charge in [-0.25, -0.2) is 4.79 Å². The summed E-state index contributed by atoms with van der Waals surface area (Å²) in [5.74, 6) is 1.10. The van der Waals surface area contributed by atoms with E-state index in [0.717, 1.165) is 12.0 Å². The van der Waals surface area contributed by atoms with Gasteiger partial charge in [-0.1, -0.05) is 43.3 Å². The van der Waals surface area contributed by atoms with E-state index in [0.29, 0.717) is 24.7 Å². The molecule has 2 N–H and O–H groups in total. The number of likely N-dealkylation sites (tertiary alicyclic amines) is 1. The molecule has 0 spiro atoms. The van der Waals surface area contributed by atoms with Gasteiger partial charge < -0.3 is 24.6 Å². The maximum Gasteiger partial charge on any atom is 0.407 e. The minimum atomic E-state index is -0.968. The van der Waals surface area contributed by atoms with E-state index in [-0.39, 0.29) is 12.0 Å². The van der Waals surface area contributed by atoms with Crippen LogP contribution in [0.25, 0.3) is 0 Å². The first-order chi connectivity index (χ1) is 14.3. The minimum absolute atomic E-state index is 0.161. The van der Waals surface area contributed by atoms with Gasteiger partial charge >= 0.3 is 6.09 Å². The Bertz CT molecular complexity index is 869. The molecule has 1 amide bonds. The third-order valence-electron chi connectivity index (χ3n) is 6.72. The van der Waals surface area contributed by atoms with Gasteiger partial charge in [0.15, 0.2) is 11.5 Å². The molecule has 3 rings (SSSR count). The summed E-state index contributed by atoms with van der Waals surface area (Å²) in [5, 5.41) is 20.2. The lowest BCUT2D eigenvalue weighted by Gasteiger charge is -2.38. The maximum absolute atomic E-state index is 11.7. The number of carbonyl (C=O) groups is 1. The number of hydrogen-bond donors (Lipinski definition) is 2. The average molecular weight is 414 g/mol. The molecule has 1 aliphatic rings. The molecule has 0 aliphatic carbocycles. The van der Waals surface area contributed by atoms with Crippen LogP contribution in [0.2, 0.25) is 0 Å². The number of hydrogen-bond acceptors (Lipinski definition) is 4. The van der Waals surface area contributed by atoms with Crippen molar-refractivity contribution in [3.05, 3.63) is 59.7 Å². The highest BCUT2D eigenvalue weighted by atomic mass is 16.5. The van der Waals surface area contributed by atoms with Gasteiger partial charge in [0.05, 0.1) is 19.8 Å². The number of benzene rings is 2. The van der Waals surface area contributed by atoms with Gasteiger partial charge in [0, 0.05) is 30.3 Å². The van der Waals surface area contributed by atoms with Gasteiger partial charge in [-0.05, 0) is 37.1 Å². The Balaban J connectivity index is 1.86. The molecule has 4 atom stereocenters. The number of amides is 1. The van der Waals surface area contributed by atoms with Crippen LogP contribution in [0.5, 0.6) is 11.5 Å².